The predicted molar refractivity (Wildman–Crippen MR) is 71.2 cm³/mol. The van der Waals surface area contributed by atoms with Crippen molar-refractivity contribution in [2.45, 2.75) is 25.3 Å². The molecule has 94 valence electrons. The van der Waals surface area contributed by atoms with Crippen molar-refractivity contribution in [1.82, 2.24) is 0 Å². The number of nitrogens with zero attached hydrogens (tertiary/aromatic N) is 1. The monoisotopic (exact) mass is 308 g/mol. The minimum absolute atomic E-state index is 0.132. The first kappa shape index (κ1) is 12.9. The number of nitriles is 1. The fourth-order valence-electron chi connectivity index (χ4n) is 2.31. The normalized spacial score (nSPS) is 22.4. The van der Waals surface area contributed by atoms with Crippen molar-refractivity contribution >= 4 is 27.6 Å². The lowest BCUT2D eigenvalue weighted by molar-refractivity contribution is -0.141. The van der Waals surface area contributed by atoms with Gasteiger partial charge in [-0.1, -0.05) is 6.07 Å². The summed E-state index contributed by atoms with van der Waals surface area (Å²) in [6, 6.07) is 7.80. The Balaban J connectivity index is 2.10. The van der Waals surface area contributed by atoms with Gasteiger partial charge in [0.05, 0.1) is 17.2 Å². The van der Waals surface area contributed by atoms with Gasteiger partial charge >= 0.3 is 5.97 Å². The molecular weight excluding hydrogens is 296 g/mol. The van der Waals surface area contributed by atoms with E-state index in [1.54, 1.807) is 0 Å². The standard InChI is InChI=1S/C13H13BrN2O2/c14-11-2-1-3-12(10(11)7-15)16-9-5-4-8(6-9)13(17)18/h1-3,8-9,16H,4-6H2,(H,17,18)/t8-,9+/m1/s1. The van der Waals surface area contributed by atoms with E-state index in [2.05, 4.69) is 27.3 Å². The van der Waals surface area contributed by atoms with Gasteiger partial charge in [-0.2, -0.15) is 5.26 Å². The van der Waals surface area contributed by atoms with Gasteiger partial charge in [-0.15, -0.1) is 0 Å². The maximum Gasteiger partial charge on any atom is 0.306 e. The summed E-state index contributed by atoms with van der Waals surface area (Å²) in [6.07, 6.45) is 2.14. The summed E-state index contributed by atoms with van der Waals surface area (Å²) < 4.78 is 0.753. The quantitative estimate of drug-likeness (QED) is 0.900. The molecule has 0 spiro atoms. The summed E-state index contributed by atoms with van der Waals surface area (Å²) in [5, 5.41) is 21.3. The number of halogens is 1. The van der Waals surface area contributed by atoms with E-state index in [9.17, 15) is 4.79 Å². The topological polar surface area (TPSA) is 73.1 Å². The van der Waals surface area contributed by atoms with Crippen molar-refractivity contribution in [3.63, 3.8) is 0 Å². The number of hydrogen-bond donors (Lipinski definition) is 2. The highest BCUT2D eigenvalue weighted by Crippen LogP contribution is 2.31. The molecule has 0 amide bonds. The van der Waals surface area contributed by atoms with E-state index in [1.807, 2.05) is 18.2 Å². The van der Waals surface area contributed by atoms with Gasteiger partial charge in [0.2, 0.25) is 0 Å². The molecule has 1 saturated carbocycles. The highest BCUT2D eigenvalue weighted by molar-refractivity contribution is 9.10. The molecular formula is C13H13BrN2O2. The maximum atomic E-state index is 10.9. The summed E-state index contributed by atoms with van der Waals surface area (Å²) >= 11 is 3.34. The fraction of sp³-hybridized carbons (Fsp3) is 0.385. The number of hydrogen-bond acceptors (Lipinski definition) is 3. The Kier molecular flexibility index (Phi) is 3.87. The molecule has 2 atom stereocenters. The number of rotatable bonds is 3. The third kappa shape index (κ3) is 2.65. The predicted octanol–water partition coefficient (Wildman–Crippen LogP) is 2.99. The van der Waals surface area contributed by atoms with Crippen molar-refractivity contribution in [3.8, 4) is 6.07 Å². The van der Waals surface area contributed by atoms with E-state index in [1.165, 1.54) is 0 Å². The van der Waals surface area contributed by atoms with Gasteiger partial charge in [0.15, 0.2) is 0 Å². The zero-order valence-electron chi connectivity index (χ0n) is 9.69. The number of carbonyl (C=O) groups is 1. The summed E-state index contributed by atoms with van der Waals surface area (Å²) in [5.74, 6) is -0.991. The van der Waals surface area contributed by atoms with Crippen LogP contribution in [-0.4, -0.2) is 17.1 Å². The molecule has 1 aromatic rings. The van der Waals surface area contributed by atoms with Gasteiger partial charge in [-0.25, -0.2) is 0 Å². The Morgan fingerprint density at radius 1 is 1.50 bits per heavy atom. The van der Waals surface area contributed by atoms with Crippen LogP contribution in [0, 0.1) is 17.2 Å². The Labute approximate surface area is 114 Å². The van der Waals surface area contributed by atoms with Gasteiger partial charge in [0.1, 0.15) is 6.07 Å². The molecule has 1 fully saturated rings. The molecule has 2 rings (SSSR count). The summed E-state index contributed by atoms with van der Waals surface area (Å²) in [7, 11) is 0. The Hall–Kier alpha value is -1.54. The number of aliphatic carboxylic acids is 1. The molecule has 0 aromatic heterocycles. The molecule has 1 aliphatic carbocycles. The van der Waals surface area contributed by atoms with Crippen LogP contribution in [0.5, 0.6) is 0 Å². The smallest absolute Gasteiger partial charge is 0.306 e. The van der Waals surface area contributed by atoms with Crippen LogP contribution in [0.4, 0.5) is 5.69 Å². The zero-order chi connectivity index (χ0) is 13.1. The summed E-state index contributed by atoms with van der Waals surface area (Å²) in [4.78, 5) is 10.9. The fourth-order valence-corrected chi connectivity index (χ4v) is 2.77. The SMILES string of the molecule is N#Cc1c(Br)cccc1N[C@H]1CC[C@@H](C(=O)O)C1. The van der Waals surface area contributed by atoms with Crippen LogP contribution in [0.2, 0.25) is 0 Å². The van der Waals surface area contributed by atoms with Crippen LogP contribution in [0.15, 0.2) is 22.7 Å². The molecule has 0 aliphatic heterocycles. The highest BCUT2D eigenvalue weighted by atomic mass is 79.9. The number of carboxylic acids is 1. The summed E-state index contributed by atoms with van der Waals surface area (Å²) in [5.41, 5.74) is 1.33. The second-order valence-electron chi connectivity index (χ2n) is 4.46. The first-order valence-electron chi connectivity index (χ1n) is 5.79. The van der Waals surface area contributed by atoms with Gasteiger partial charge in [0.25, 0.3) is 0 Å². The molecule has 0 heterocycles. The molecule has 0 bridgehead atoms. The van der Waals surface area contributed by atoms with Crippen LogP contribution < -0.4 is 5.32 Å². The minimum atomic E-state index is -0.728. The largest absolute Gasteiger partial charge is 0.481 e. The van der Waals surface area contributed by atoms with Crippen molar-refractivity contribution in [3.05, 3.63) is 28.2 Å². The van der Waals surface area contributed by atoms with Crippen molar-refractivity contribution < 1.29 is 9.90 Å². The van der Waals surface area contributed by atoms with E-state index >= 15 is 0 Å². The van der Waals surface area contributed by atoms with Crippen LogP contribution in [0.25, 0.3) is 0 Å². The number of nitrogens with one attached hydrogen (secondary N) is 1. The molecule has 0 unspecified atom stereocenters. The molecule has 0 saturated heterocycles. The van der Waals surface area contributed by atoms with Crippen molar-refractivity contribution in [2.24, 2.45) is 5.92 Å². The number of benzene rings is 1. The third-order valence-electron chi connectivity index (χ3n) is 3.27. The highest BCUT2D eigenvalue weighted by Gasteiger charge is 2.29. The Morgan fingerprint density at radius 2 is 2.28 bits per heavy atom. The minimum Gasteiger partial charge on any atom is -0.481 e. The van der Waals surface area contributed by atoms with E-state index in [4.69, 9.17) is 10.4 Å². The molecule has 18 heavy (non-hydrogen) atoms. The van der Waals surface area contributed by atoms with Crippen LogP contribution in [0.3, 0.4) is 0 Å². The molecule has 2 N–H and O–H groups in total. The van der Waals surface area contributed by atoms with Crippen molar-refractivity contribution in [1.29, 1.82) is 5.26 Å². The van der Waals surface area contributed by atoms with Crippen molar-refractivity contribution in [2.75, 3.05) is 5.32 Å². The second kappa shape index (κ2) is 5.40. The first-order valence-corrected chi connectivity index (χ1v) is 6.59. The zero-order valence-corrected chi connectivity index (χ0v) is 11.3. The average molecular weight is 309 g/mol. The molecule has 1 aromatic carbocycles. The van der Waals surface area contributed by atoms with Gasteiger partial charge in [-0.3, -0.25) is 4.79 Å². The van der Waals surface area contributed by atoms with Gasteiger partial charge < -0.3 is 10.4 Å². The molecule has 0 radical (unpaired) electrons. The van der Waals surface area contributed by atoms with Gasteiger partial charge in [0, 0.05) is 10.5 Å². The number of carboxylic acid groups (broad SMARTS) is 1. The average Bonchev–Trinajstić information content (AvgIpc) is 2.78. The Bertz CT molecular complexity index is 510. The van der Waals surface area contributed by atoms with E-state index < -0.39 is 5.97 Å². The maximum absolute atomic E-state index is 10.9. The molecule has 5 heteroatoms. The molecule has 1 aliphatic rings. The number of anilines is 1. The van der Waals surface area contributed by atoms with Crippen LogP contribution >= 0.6 is 15.9 Å². The van der Waals surface area contributed by atoms with Gasteiger partial charge in [-0.05, 0) is 47.3 Å². The van der Waals surface area contributed by atoms with Crippen LogP contribution in [-0.2, 0) is 4.79 Å². The lowest BCUT2D eigenvalue weighted by Gasteiger charge is -2.15. The van der Waals surface area contributed by atoms with Crippen LogP contribution in [0.1, 0.15) is 24.8 Å². The Morgan fingerprint density at radius 3 is 2.89 bits per heavy atom. The second-order valence-corrected chi connectivity index (χ2v) is 5.32. The first-order chi connectivity index (χ1) is 8.61. The van der Waals surface area contributed by atoms with E-state index in [-0.39, 0.29) is 12.0 Å². The van der Waals surface area contributed by atoms with E-state index in [0.29, 0.717) is 18.4 Å². The lowest BCUT2D eigenvalue weighted by Crippen LogP contribution is -2.18. The third-order valence-corrected chi connectivity index (χ3v) is 3.93. The lowest BCUT2D eigenvalue weighted by atomic mass is 10.1. The van der Waals surface area contributed by atoms with E-state index in [0.717, 1.165) is 16.6 Å². The molecule has 4 nitrogen and oxygen atoms in total. The summed E-state index contributed by atoms with van der Waals surface area (Å²) in [6.45, 7) is 0.